The van der Waals surface area contributed by atoms with Crippen molar-refractivity contribution in [3.63, 3.8) is 0 Å². The van der Waals surface area contributed by atoms with Gasteiger partial charge in [-0.1, -0.05) is 6.07 Å². The van der Waals surface area contributed by atoms with Crippen molar-refractivity contribution in [2.45, 2.75) is 18.4 Å². The molecule has 0 unspecified atom stereocenters. The molecule has 0 fully saturated rings. The molecule has 18 heavy (non-hydrogen) atoms. The number of aromatic amines is 1. The van der Waals surface area contributed by atoms with Crippen molar-refractivity contribution >= 4 is 10.0 Å². The van der Waals surface area contributed by atoms with Crippen LogP contribution in [0.1, 0.15) is 11.4 Å². The number of nitrogens with zero attached hydrogens (tertiary/aromatic N) is 1. The zero-order chi connectivity index (χ0) is 13.2. The summed E-state index contributed by atoms with van der Waals surface area (Å²) in [6, 6.07) is 3.94. The SMILES string of the molecule is Cc1ccc(F)c(S(=O)(=O)NCc2ncc[nH]2)c1. The van der Waals surface area contributed by atoms with Gasteiger partial charge in [-0.2, -0.15) is 0 Å². The number of hydrogen-bond donors (Lipinski definition) is 2. The fourth-order valence-corrected chi connectivity index (χ4v) is 2.60. The monoisotopic (exact) mass is 269 g/mol. The van der Waals surface area contributed by atoms with E-state index in [0.717, 1.165) is 6.07 Å². The Morgan fingerprint density at radius 3 is 2.89 bits per heavy atom. The summed E-state index contributed by atoms with van der Waals surface area (Å²) < 4.78 is 39.6. The summed E-state index contributed by atoms with van der Waals surface area (Å²) in [5.41, 5.74) is 0.676. The van der Waals surface area contributed by atoms with E-state index >= 15 is 0 Å². The maximum Gasteiger partial charge on any atom is 0.243 e. The van der Waals surface area contributed by atoms with Crippen LogP contribution in [0.4, 0.5) is 4.39 Å². The maximum atomic E-state index is 13.5. The second kappa shape index (κ2) is 4.87. The van der Waals surface area contributed by atoms with E-state index in [-0.39, 0.29) is 11.4 Å². The van der Waals surface area contributed by atoms with Crippen LogP contribution in [0.3, 0.4) is 0 Å². The number of H-pyrrole nitrogens is 1. The molecule has 1 heterocycles. The fraction of sp³-hybridized carbons (Fsp3) is 0.182. The minimum atomic E-state index is -3.87. The van der Waals surface area contributed by atoms with Gasteiger partial charge in [0.1, 0.15) is 16.5 Å². The summed E-state index contributed by atoms with van der Waals surface area (Å²) in [5, 5.41) is 0. The number of imidazole rings is 1. The molecule has 0 saturated carbocycles. The Kier molecular flexibility index (Phi) is 3.44. The molecule has 0 aliphatic heterocycles. The van der Waals surface area contributed by atoms with Crippen molar-refractivity contribution in [3.05, 3.63) is 47.8 Å². The number of aromatic nitrogens is 2. The van der Waals surface area contributed by atoms with Crippen LogP contribution in [0.15, 0.2) is 35.5 Å². The predicted molar refractivity (Wildman–Crippen MR) is 63.8 cm³/mol. The van der Waals surface area contributed by atoms with Crippen LogP contribution in [0.5, 0.6) is 0 Å². The molecule has 0 saturated heterocycles. The number of nitrogens with one attached hydrogen (secondary N) is 2. The molecule has 0 spiro atoms. The molecule has 0 amide bonds. The third-order valence-corrected chi connectivity index (χ3v) is 3.78. The van der Waals surface area contributed by atoms with E-state index in [4.69, 9.17) is 0 Å². The van der Waals surface area contributed by atoms with E-state index in [1.54, 1.807) is 13.1 Å². The van der Waals surface area contributed by atoms with Crippen molar-refractivity contribution in [3.8, 4) is 0 Å². The third kappa shape index (κ3) is 2.74. The smallest absolute Gasteiger partial charge is 0.243 e. The molecule has 0 aliphatic carbocycles. The van der Waals surface area contributed by atoms with Crippen LogP contribution >= 0.6 is 0 Å². The Bertz CT molecular complexity index is 638. The first-order valence-electron chi connectivity index (χ1n) is 5.23. The highest BCUT2D eigenvalue weighted by Crippen LogP contribution is 2.15. The first-order chi connectivity index (χ1) is 8.49. The van der Waals surface area contributed by atoms with Crippen molar-refractivity contribution < 1.29 is 12.8 Å². The van der Waals surface area contributed by atoms with Gasteiger partial charge in [0.05, 0.1) is 6.54 Å². The molecule has 1 aromatic carbocycles. The third-order valence-electron chi connectivity index (χ3n) is 2.36. The molecule has 2 N–H and O–H groups in total. The zero-order valence-corrected chi connectivity index (χ0v) is 10.5. The molecule has 96 valence electrons. The summed E-state index contributed by atoms with van der Waals surface area (Å²) in [6.45, 7) is 1.69. The van der Waals surface area contributed by atoms with Gasteiger partial charge in [0.15, 0.2) is 0 Å². The van der Waals surface area contributed by atoms with Gasteiger partial charge in [-0.25, -0.2) is 22.5 Å². The van der Waals surface area contributed by atoms with Crippen LogP contribution in [0.25, 0.3) is 0 Å². The minimum absolute atomic E-state index is 0.0112. The Hall–Kier alpha value is -1.73. The second-order valence-corrected chi connectivity index (χ2v) is 5.53. The summed E-state index contributed by atoms with van der Waals surface area (Å²) in [6.07, 6.45) is 3.09. The molecule has 2 aromatic rings. The molecule has 0 aliphatic rings. The molecule has 5 nitrogen and oxygen atoms in total. The van der Waals surface area contributed by atoms with Gasteiger partial charge in [-0.15, -0.1) is 0 Å². The number of rotatable bonds is 4. The normalized spacial score (nSPS) is 11.7. The van der Waals surface area contributed by atoms with Gasteiger partial charge in [0.25, 0.3) is 0 Å². The molecule has 7 heteroatoms. The fourth-order valence-electron chi connectivity index (χ4n) is 1.45. The summed E-state index contributed by atoms with van der Waals surface area (Å²) in [5.74, 6) is -0.306. The lowest BCUT2D eigenvalue weighted by Gasteiger charge is -2.07. The minimum Gasteiger partial charge on any atom is -0.347 e. The molecule has 0 atom stereocenters. The highest BCUT2D eigenvalue weighted by atomic mass is 32.2. The van der Waals surface area contributed by atoms with Crippen LogP contribution in [-0.2, 0) is 16.6 Å². The first kappa shape index (κ1) is 12.7. The van der Waals surface area contributed by atoms with Crippen LogP contribution < -0.4 is 4.72 Å². The maximum absolute atomic E-state index is 13.5. The van der Waals surface area contributed by atoms with Crippen molar-refractivity contribution in [2.75, 3.05) is 0 Å². The number of halogens is 1. The van der Waals surface area contributed by atoms with Gasteiger partial charge >= 0.3 is 0 Å². The average Bonchev–Trinajstić information content (AvgIpc) is 2.83. The Labute approximate surface area is 104 Å². The van der Waals surface area contributed by atoms with Gasteiger partial charge in [0, 0.05) is 12.4 Å². The van der Waals surface area contributed by atoms with E-state index in [9.17, 15) is 12.8 Å². The topological polar surface area (TPSA) is 74.8 Å². The van der Waals surface area contributed by atoms with Crippen molar-refractivity contribution in [1.82, 2.24) is 14.7 Å². The van der Waals surface area contributed by atoms with Gasteiger partial charge < -0.3 is 4.98 Å². The van der Waals surface area contributed by atoms with Crippen molar-refractivity contribution in [1.29, 1.82) is 0 Å². The van der Waals surface area contributed by atoms with E-state index in [2.05, 4.69) is 14.7 Å². The van der Waals surface area contributed by atoms with E-state index < -0.39 is 15.8 Å². The van der Waals surface area contributed by atoms with Crippen molar-refractivity contribution in [2.24, 2.45) is 0 Å². The zero-order valence-electron chi connectivity index (χ0n) is 9.64. The first-order valence-corrected chi connectivity index (χ1v) is 6.71. The predicted octanol–water partition coefficient (Wildman–Crippen LogP) is 1.34. The highest BCUT2D eigenvalue weighted by Gasteiger charge is 2.19. The lowest BCUT2D eigenvalue weighted by molar-refractivity contribution is 0.555. The van der Waals surface area contributed by atoms with Crippen LogP contribution in [-0.4, -0.2) is 18.4 Å². The second-order valence-electron chi connectivity index (χ2n) is 3.79. The number of hydrogen-bond acceptors (Lipinski definition) is 3. The quantitative estimate of drug-likeness (QED) is 0.879. The number of sulfonamides is 1. The van der Waals surface area contributed by atoms with Gasteiger partial charge in [-0.05, 0) is 24.6 Å². The summed E-state index contributed by atoms with van der Waals surface area (Å²) in [4.78, 5) is 6.28. The molecule has 1 aromatic heterocycles. The summed E-state index contributed by atoms with van der Waals surface area (Å²) >= 11 is 0. The standard InChI is InChI=1S/C11H12FN3O2S/c1-8-2-3-9(12)10(6-8)18(16,17)15-7-11-13-4-5-14-11/h2-6,15H,7H2,1H3,(H,13,14). The van der Waals surface area contributed by atoms with Crippen LogP contribution in [0.2, 0.25) is 0 Å². The average molecular weight is 269 g/mol. The van der Waals surface area contributed by atoms with Gasteiger partial charge in [0.2, 0.25) is 10.0 Å². The Morgan fingerprint density at radius 1 is 1.44 bits per heavy atom. The molecular weight excluding hydrogens is 257 g/mol. The molecular formula is C11H12FN3O2S. The Balaban J connectivity index is 2.22. The van der Waals surface area contributed by atoms with E-state index in [0.29, 0.717) is 11.4 Å². The molecule has 0 bridgehead atoms. The molecule has 2 rings (SSSR count). The largest absolute Gasteiger partial charge is 0.347 e. The Morgan fingerprint density at radius 2 is 2.22 bits per heavy atom. The number of benzene rings is 1. The number of aryl methyl sites for hydroxylation is 1. The molecule has 0 radical (unpaired) electrons. The van der Waals surface area contributed by atoms with E-state index in [1.807, 2.05) is 0 Å². The van der Waals surface area contributed by atoms with Crippen LogP contribution in [0, 0.1) is 12.7 Å². The summed E-state index contributed by atoms with van der Waals surface area (Å²) in [7, 11) is -3.87. The van der Waals surface area contributed by atoms with E-state index in [1.165, 1.54) is 18.3 Å². The lowest BCUT2D eigenvalue weighted by atomic mass is 10.2. The highest BCUT2D eigenvalue weighted by molar-refractivity contribution is 7.89. The lowest BCUT2D eigenvalue weighted by Crippen LogP contribution is -2.24. The van der Waals surface area contributed by atoms with Gasteiger partial charge in [-0.3, -0.25) is 0 Å².